The third-order valence-electron chi connectivity index (χ3n) is 3.24. The Kier molecular flexibility index (Phi) is 9.26. The summed E-state index contributed by atoms with van der Waals surface area (Å²) < 4.78 is 10.3. The Morgan fingerprint density at radius 1 is 1.25 bits per heavy atom. The largest absolute Gasteiger partial charge is 0.465 e. The van der Waals surface area contributed by atoms with Gasteiger partial charge in [-0.3, -0.25) is 9.59 Å². The second-order valence-electron chi connectivity index (χ2n) is 5.61. The van der Waals surface area contributed by atoms with E-state index in [9.17, 15) is 9.59 Å². The van der Waals surface area contributed by atoms with E-state index in [-0.39, 0.29) is 18.0 Å². The Hall–Kier alpha value is -1.06. The molecule has 0 heterocycles. The highest BCUT2D eigenvalue weighted by molar-refractivity contribution is 5.77. The lowest BCUT2D eigenvalue weighted by molar-refractivity contribution is -0.154. The summed E-state index contributed by atoms with van der Waals surface area (Å²) in [6.45, 7) is 12.0. The van der Waals surface area contributed by atoms with Crippen molar-refractivity contribution in [2.24, 2.45) is 5.41 Å². The van der Waals surface area contributed by atoms with Crippen molar-refractivity contribution < 1.29 is 19.1 Å². The molecular weight excluding hydrogens is 256 g/mol. The zero-order valence-corrected chi connectivity index (χ0v) is 13.4. The summed E-state index contributed by atoms with van der Waals surface area (Å²) in [5, 5.41) is 0. The lowest BCUT2D eigenvalue weighted by atomic mass is 9.87. The van der Waals surface area contributed by atoms with E-state index in [0.29, 0.717) is 25.9 Å². The highest BCUT2D eigenvalue weighted by Crippen LogP contribution is 2.25. The summed E-state index contributed by atoms with van der Waals surface area (Å²) in [5.41, 5.74) is -0.787. The van der Waals surface area contributed by atoms with Crippen molar-refractivity contribution in [1.82, 2.24) is 0 Å². The number of rotatable bonds is 10. The molecule has 0 N–H and O–H groups in total. The molecule has 0 bridgehead atoms. The summed E-state index contributed by atoms with van der Waals surface area (Å²) in [4.78, 5) is 23.4. The molecule has 0 aliphatic rings. The van der Waals surface area contributed by atoms with Crippen molar-refractivity contribution in [3.05, 3.63) is 6.92 Å². The van der Waals surface area contributed by atoms with Gasteiger partial charge >= 0.3 is 11.9 Å². The average molecular weight is 285 g/mol. The van der Waals surface area contributed by atoms with E-state index in [0.717, 1.165) is 19.3 Å². The van der Waals surface area contributed by atoms with Crippen molar-refractivity contribution in [1.29, 1.82) is 0 Å². The van der Waals surface area contributed by atoms with Gasteiger partial charge in [-0.05, 0) is 46.5 Å². The van der Waals surface area contributed by atoms with Gasteiger partial charge in [0.25, 0.3) is 0 Å². The van der Waals surface area contributed by atoms with Gasteiger partial charge in [-0.1, -0.05) is 20.3 Å². The highest BCUT2D eigenvalue weighted by Gasteiger charge is 2.29. The number of ether oxygens (including phenoxy) is 2. The molecule has 4 heteroatoms. The Balaban J connectivity index is 3.97. The molecule has 0 saturated carbocycles. The number of carbonyl (C=O) groups is 2. The van der Waals surface area contributed by atoms with Gasteiger partial charge < -0.3 is 9.47 Å². The van der Waals surface area contributed by atoms with Crippen molar-refractivity contribution in [3.8, 4) is 0 Å². The molecule has 0 fully saturated rings. The Bertz CT molecular complexity index is 297. The van der Waals surface area contributed by atoms with Crippen molar-refractivity contribution in [3.63, 3.8) is 0 Å². The number of hydrogen-bond acceptors (Lipinski definition) is 4. The number of carbonyl (C=O) groups excluding carboxylic acids is 2. The molecular formula is C16H29O4. The standard InChI is InChI=1S/C16H29O4/c1-6-8-12-19-15(18)16(4,5)11-9-10-14(17)20-13(3)7-2/h13H,4,6-12H2,1-3,5H3. The van der Waals surface area contributed by atoms with E-state index in [4.69, 9.17) is 9.47 Å². The van der Waals surface area contributed by atoms with E-state index in [1.165, 1.54) is 0 Å². The maximum atomic E-state index is 11.8. The fourth-order valence-corrected chi connectivity index (χ4v) is 1.58. The molecule has 4 nitrogen and oxygen atoms in total. The first-order valence-electron chi connectivity index (χ1n) is 7.55. The van der Waals surface area contributed by atoms with Crippen LogP contribution in [0.15, 0.2) is 0 Å². The van der Waals surface area contributed by atoms with Crippen LogP contribution in [0.1, 0.15) is 66.2 Å². The second-order valence-corrected chi connectivity index (χ2v) is 5.61. The highest BCUT2D eigenvalue weighted by atomic mass is 16.5. The van der Waals surface area contributed by atoms with Crippen LogP contribution in [0.4, 0.5) is 0 Å². The molecule has 0 aromatic carbocycles. The van der Waals surface area contributed by atoms with Gasteiger partial charge in [0.1, 0.15) is 0 Å². The number of hydrogen-bond donors (Lipinski definition) is 0. The molecule has 0 aliphatic carbocycles. The van der Waals surface area contributed by atoms with Crippen molar-refractivity contribution in [2.75, 3.05) is 6.61 Å². The summed E-state index contributed by atoms with van der Waals surface area (Å²) in [7, 11) is 0. The lowest BCUT2D eigenvalue weighted by Gasteiger charge is -2.22. The minimum atomic E-state index is -0.787. The summed E-state index contributed by atoms with van der Waals surface area (Å²) in [6.07, 6.45) is 4.03. The first-order valence-corrected chi connectivity index (χ1v) is 7.55. The van der Waals surface area contributed by atoms with Crippen molar-refractivity contribution >= 4 is 11.9 Å². The maximum absolute atomic E-state index is 11.8. The predicted molar refractivity (Wildman–Crippen MR) is 79.0 cm³/mol. The van der Waals surface area contributed by atoms with Crippen LogP contribution in [0, 0.1) is 12.3 Å². The topological polar surface area (TPSA) is 52.6 Å². The van der Waals surface area contributed by atoms with Crippen LogP contribution in [0.2, 0.25) is 0 Å². The zero-order chi connectivity index (χ0) is 15.6. The third-order valence-corrected chi connectivity index (χ3v) is 3.24. The van der Waals surface area contributed by atoms with Crippen LogP contribution in [-0.4, -0.2) is 24.6 Å². The maximum Gasteiger partial charge on any atom is 0.311 e. The molecule has 0 aromatic rings. The van der Waals surface area contributed by atoms with Crippen molar-refractivity contribution in [2.45, 2.75) is 72.3 Å². The van der Waals surface area contributed by atoms with E-state index >= 15 is 0 Å². The van der Waals surface area contributed by atoms with Gasteiger partial charge in [0.15, 0.2) is 0 Å². The van der Waals surface area contributed by atoms with Gasteiger partial charge in [0.2, 0.25) is 0 Å². The van der Waals surface area contributed by atoms with Gasteiger partial charge in [-0.25, -0.2) is 0 Å². The Labute approximate surface area is 123 Å². The quantitative estimate of drug-likeness (QED) is 0.454. The smallest absolute Gasteiger partial charge is 0.311 e. The normalized spacial score (nSPS) is 12.8. The molecule has 0 aromatic heterocycles. The monoisotopic (exact) mass is 285 g/mol. The van der Waals surface area contributed by atoms with E-state index in [2.05, 4.69) is 6.92 Å². The summed E-state index contributed by atoms with van der Waals surface area (Å²) in [5.74, 6) is -0.504. The minimum absolute atomic E-state index is 0.0485. The summed E-state index contributed by atoms with van der Waals surface area (Å²) in [6, 6.07) is 0. The molecule has 0 amide bonds. The zero-order valence-electron chi connectivity index (χ0n) is 13.4. The SMILES string of the molecule is [CH2]C(C)(CCCC(=O)OC(C)CC)C(=O)OCCCC. The van der Waals surface area contributed by atoms with Crippen LogP contribution in [-0.2, 0) is 19.1 Å². The molecule has 0 spiro atoms. The molecule has 0 aliphatic heterocycles. The number of unbranched alkanes of at least 4 members (excludes halogenated alkanes) is 1. The molecule has 0 rings (SSSR count). The van der Waals surface area contributed by atoms with E-state index in [1.807, 2.05) is 20.8 Å². The Morgan fingerprint density at radius 2 is 1.90 bits per heavy atom. The summed E-state index contributed by atoms with van der Waals surface area (Å²) >= 11 is 0. The van der Waals surface area contributed by atoms with Gasteiger partial charge in [-0.15, -0.1) is 0 Å². The van der Waals surface area contributed by atoms with Crippen LogP contribution in [0.25, 0.3) is 0 Å². The molecule has 117 valence electrons. The van der Waals surface area contributed by atoms with Gasteiger partial charge in [-0.2, -0.15) is 0 Å². The fraction of sp³-hybridized carbons (Fsp3) is 0.812. The fourth-order valence-electron chi connectivity index (χ4n) is 1.58. The third kappa shape index (κ3) is 8.18. The predicted octanol–water partition coefficient (Wildman–Crippen LogP) is 3.68. The molecule has 0 saturated heterocycles. The minimum Gasteiger partial charge on any atom is -0.465 e. The van der Waals surface area contributed by atoms with E-state index in [1.54, 1.807) is 6.92 Å². The van der Waals surface area contributed by atoms with E-state index < -0.39 is 5.41 Å². The average Bonchev–Trinajstić information content (AvgIpc) is 2.38. The van der Waals surface area contributed by atoms with Gasteiger partial charge in [0, 0.05) is 6.42 Å². The van der Waals surface area contributed by atoms with Crippen LogP contribution >= 0.6 is 0 Å². The Morgan fingerprint density at radius 3 is 2.45 bits per heavy atom. The molecule has 2 unspecified atom stereocenters. The van der Waals surface area contributed by atoms with Gasteiger partial charge in [0.05, 0.1) is 18.1 Å². The molecule has 2 atom stereocenters. The van der Waals surface area contributed by atoms with Crippen LogP contribution < -0.4 is 0 Å². The second kappa shape index (κ2) is 9.78. The number of esters is 2. The lowest BCUT2D eigenvalue weighted by Crippen LogP contribution is -2.27. The molecule has 1 radical (unpaired) electrons. The first-order chi connectivity index (χ1) is 9.33. The molecule has 20 heavy (non-hydrogen) atoms. The van der Waals surface area contributed by atoms with Crippen LogP contribution in [0.5, 0.6) is 0 Å². The first kappa shape index (κ1) is 18.9. The van der Waals surface area contributed by atoms with Crippen LogP contribution in [0.3, 0.4) is 0 Å².